The first kappa shape index (κ1) is 18.6. The van der Waals surface area contributed by atoms with Crippen LogP contribution in [0.15, 0.2) is 48.5 Å². The van der Waals surface area contributed by atoms with Crippen LogP contribution in [0.2, 0.25) is 0 Å². The molecule has 2 aromatic carbocycles. The van der Waals surface area contributed by atoms with Gasteiger partial charge in [0.15, 0.2) is 0 Å². The maximum absolute atomic E-state index is 12.9. The summed E-state index contributed by atoms with van der Waals surface area (Å²) in [4.78, 5) is 28.4. The Morgan fingerprint density at radius 1 is 1.00 bits per heavy atom. The molecule has 2 aromatic rings. The standard InChI is InChI=1S/C21H20FN3O2/c22-19-7-4-16(5-8-19)6-9-20(26)24-10-12-25(13-11-24)21(27)18-3-1-2-17(14-18)15-23/h1-5,7-8,14H,6,9-13H2. The lowest BCUT2D eigenvalue weighted by atomic mass is 10.1. The molecule has 27 heavy (non-hydrogen) atoms. The van der Waals surface area contributed by atoms with Gasteiger partial charge in [0.05, 0.1) is 11.6 Å². The van der Waals surface area contributed by atoms with Crippen molar-refractivity contribution in [2.24, 2.45) is 0 Å². The Morgan fingerprint density at radius 2 is 1.67 bits per heavy atom. The lowest BCUT2D eigenvalue weighted by Crippen LogP contribution is -2.50. The van der Waals surface area contributed by atoms with E-state index in [1.54, 1.807) is 46.2 Å². The molecule has 1 aliphatic heterocycles. The zero-order chi connectivity index (χ0) is 19.2. The molecule has 1 saturated heterocycles. The number of aryl methyl sites for hydroxylation is 1. The first-order chi connectivity index (χ1) is 13.1. The highest BCUT2D eigenvalue weighted by molar-refractivity contribution is 5.94. The van der Waals surface area contributed by atoms with Crippen molar-refractivity contribution in [1.82, 2.24) is 9.80 Å². The Balaban J connectivity index is 1.50. The fourth-order valence-electron chi connectivity index (χ4n) is 3.12. The minimum absolute atomic E-state index is 0.0397. The van der Waals surface area contributed by atoms with Crippen LogP contribution in [0.5, 0.6) is 0 Å². The maximum atomic E-state index is 12.9. The van der Waals surface area contributed by atoms with Crippen LogP contribution in [0.1, 0.15) is 27.9 Å². The molecule has 0 spiro atoms. The Kier molecular flexibility index (Phi) is 5.82. The van der Waals surface area contributed by atoms with E-state index in [-0.39, 0.29) is 17.6 Å². The molecule has 0 aromatic heterocycles. The summed E-state index contributed by atoms with van der Waals surface area (Å²) in [5.41, 5.74) is 1.87. The number of hydrogen-bond donors (Lipinski definition) is 0. The van der Waals surface area contributed by atoms with Gasteiger partial charge < -0.3 is 9.80 Å². The monoisotopic (exact) mass is 365 g/mol. The molecule has 0 N–H and O–H groups in total. The third kappa shape index (κ3) is 4.70. The summed E-state index contributed by atoms with van der Waals surface area (Å²) in [6.07, 6.45) is 0.934. The quantitative estimate of drug-likeness (QED) is 0.837. The molecule has 0 radical (unpaired) electrons. The van der Waals surface area contributed by atoms with Gasteiger partial charge in [0.1, 0.15) is 5.82 Å². The number of amides is 2. The van der Waals surface area contributed by atoms with Crippen molar-refractivity contribution in [3.8, 4) is 6.07 Å². The highest BCUT2D eigenvalue weighted by atomic mass is 19.1. The second kappa shape index (κ2) is 8.45. The van der Waals surface area contributed by atoms with Gasteiger partial charge in [-0.3, -0.25) is 9.59 Å². The lowest BCUT2D eigenvalue weighted by Gasteiger charge is -2.35. The number of piperazine rings is 1. The van der Waals surface area contributed by atoms with E-state index in [4.69, 9.17) is 5.26 Å². The van der Waals surface area contributed by atoms with Crippen molar-refractivity contribution >= 4 is 11.8 Å². The predicted molar refractivity (Wildman–Crippen MR) is 98.4 cm³/mol. The molecule has 0 unspecified atom stereocenters. The Morgan fingerprint density at radius 3 is 2.33 bits per heavy atom. The van der Waals surface area contributed by atoms with Crippen LogP contribution in [0, 0.1) is 17.1 Å². The number of benzene rings is 2. The molecule has 6 heteroatoms. The van der Waals surface area contributed by atoms with Gasteiger partial charge in [-0.05, 0) is 42.3 Å². The van der Waals surface area contributed by atoms with Gasteiger partial charge in [-0.15, -0.1) is 0 Å². The van der Waals surface area contributed by atoms with Gasteiger partial charge in [0.2, 0.25) is 5.91 Å². The van der Waals surface area contributed by atoms with E-state index in [0.717, 1.165) is 5.56 Å². The van der Waals surface area contributed by atoms with Crippen molar-refractivity contribution in [1.29, 1.82) is 5.26 Å². The van der Waals surface area contributed by atoms with E-state index in [1.807, 2.05) is 6.07 Å². The molecule has 1 aliphatic rings. The third-order valence-corrected chi connectivity index (χ3v) is 4.70. The third-order valence-electron chi connectivity index (χ3n) is 4.70. The molecule has 2 amide bonds. The molecular formula is C21H20FN3O2. The summed E-state index contributed by atoms with van der Waals surface area (Å²) in [5.74, 6) is -0.366. The van der Waals surface area contributed by atoms with Gasteiger partial charge in [0, 0.05) is 38.2 Å². The fraction of sp³-hybridized carbons (Fsp3) is 0.286. The van der Waals surface area contributed by atoms with Gasteiger partial charge in [-0.2, -0.15) is 5.26 Å². The van der Waals surface area contributed by atoms with Crippen molar-refractivity contribution in [2.75, 3.05) is 26.2 Å². The normalized spacial score (nSPS) is 13.9. The molecule has 138 valence electrons. The molecule has 1 heterocycles. The number of hydrogen-bond acceptors (Lipinski definition) is 3. The van der Waals surface area contributed by atoms with Crippen molar-refractivity contribution < 1.29 is 14.0 Å². The highest BCUT2D eigenvalue weighted by Gasteiger charge is 2.24. The summed E-state index contributed by atoms with van der Waals surface area (Å²) in [7, 11) is 0. The smallest absolute Gasteiger partial charge is 0.254 e. The summed E-state index contributed by atoms with van der Waals surface area (Å²) in [6, 6.07) is 14.8. The van der Waals surface area contributed by atoms with E-state index in [1.165, 1.54) is 12.1 Å². The predicted octanol–water partition coefficient (Wildman–Crippen LogP) is 2.61. The summed E-state index contributed by atoms with van der Waals surface area (Å²) < 4.78 is 12.9. The average molecular weight is 365 g/mol. The fourth-order valence-corrected chi connectivity index (χ4v) is 3.12. The van der Waals surface area contributed by atoms with Crippen LogP contribution in [-0.2, 0) is 11.2 Å². The number of rotatable bonds is 4. The van der Waals surface area contributed by atoms with Crippen molar-refractivity contribution in [2.45, 2.75) is 12.8 Å². The summed E-state index contributed by atoms with van der Waals surface area (Å²) in [6.45, 7) is 1.92. The Hall–Kier alpha value is -3.20. The summed E-state index contributed by atoms with van der Waals surface area (Å²) in [5, 5.41) is 8.96. The van der Waals surface area contributed by atoms with Gasteiger partial charge >= 0.3 is 0 Å². The minimum atomic E-state index is -0.286. The topological polar surface area (TPSA) is 64.4 Å². The summed E-state index contributed by atoms with van der Waals surface area (Å²) >= 11 is 0. The molecular weight excluding hydrogens is 345 g/mol. The SMILES string of the molecule is N#Cc1cccc(C(=O)N2CCN(C(=O)CCc3ccc(F)cc3)CC2)c1. The van der Waals surface area contributed by atoms with Gasteiger partial charge in [-0.25, -0.2) is 4.39 Å². The molecule has 0 bridgehead atoms. The van der Waals surface area contributed by atoms with Crippen LogP contribution in [0.25, 0.3) is 0 Å². The number of nitrogens with zero attached hydrogens (tertiary/aromatic N) is 3. The second-order valence-corrected chi connectivity index (χ2v) is 6.49. The number of nitriles is 1. The minimum Gasteiger partial charge on any atom is -0.339 e. The Labute approximate surface area is 157 Å². The van der Waals surface area contributed by atoms with E-state index >= 15 is 0 Å². The second-order valence-electron chi connectivity index (χ2n) is 6.49. The largest absolute Gasteiger partial charge is 0.339 e. The molecule has 1 fully saturated rings. The molecule has 5 nitrogen and oxygen atoms in total. The van der Waals surface area contributed by atoms with Crippen LogP contribution < -0.4 is 0 Å². The van der Waals surface area contributed by atoms with Crippen LogP contribution in [0.4, 0.5) is 4.39 Å². The van der Waals surface area contributed by atoms with E-state index in [0.29, 0.717) is 50.1 Å². The van der Waals surface area contributed by atoms with E-state index in [2.05, 4.69) is 0 Å². The van der Waals surface area contributed by atoms with E-state index < -0.39 is 0 Å². The lowest BCUT2D eigenvalue weighted by molar-refractivity contribution is -0.132. The molecule has 0 atom stereocenters. The average Bonchev–Trinajstić information content (AvgIpc) is 2.72. The zero-order valence-electron chi connectivity index (χ0n) is 14.9. The van der Waals surface area contributed by atoms with Crippen LogP contribution >= 0.6 is 0 Å². The molecule has 0 saturated carbocycles. The number of halogens is 1. The Bertz CT molecular complexity index is 866. The van der Waals surface area contributed by atoms with E-state index in [9.17, 15) is 14.0 Å². The number of carbonyl (C=O) groups is 2. The number of carbonyl (C=O) groups excluding carboxylic acids is 2. The molecule has 0 aliphatic carbocycles. The van der Waals surface area contributed by atoms with Crippen LogP contribution in [0.3, 0.4) is 0 Å². The first-order valence-corrected chi connectivity index (χ1v) is 8.88. The molecule has 3 rings (SSSR count). The van der Waals surface area contributed by atoms with Crippen molar-refractivity contribution in [3.05, 3.63) is 71.0 Å². The maximum Gasteiger partial charge on any atom is 0.254 e. The van der Waals surface area contributed by atoms with Gasteiger partial charge in [0.25, 0.3) is 5.91 Å². The van der Waals surface area contributed by atoms with Crippen LogP contribution in [-0.4, -0.2) is 47.8 Å². The zero-order valence-corrected chi connectivity index (χ0v) is 14.9. The van der Waals surface area contributed by atoms with Gasteiger partial charge in [-0.1, -0.05) is 18.2 Å². The van der Waals surface area contributed by atoms with Crippen molar-refractivity contribution in [3.63, 3.8) is 0 Å². The highest BCUT2D eigenvalue weighted by Crippen LogP contribution is 2.13. The first-order valence-electron chi connectivity index (χ1n) is 8.88.